The van der Waals surface area contributed by atoms with Gasteiger partial charge in [0.15, 0.2) is 0 Å². The second-order valence-corrected chi connectivity index (χ2v) is 5.66. The lowest BCUT2D eigenvalue weighted by Gasteiger charge is -2.27. The van der Waals surface area contributed by atoms with Crippen molar-refractivity contribution in [3.8, 4) is 0 Å². The smallest absolute Gasteiger partial charge is 0.227 e. The van der Waals surface area contributed by atoms with E-state index in [1.54, 1.807) is 0 Å². The van der Waals surface area contributed by atoms with Crippen LogP contribution in [-0.4, -0.2) is 11.9 Å². The lowest BCUT2D eigenvalue weighted by atomic mass is 10.1. The van der Waals surface area contributed by atoms with Crippen molar-refractivity contribution < 1.29 is 4.79 Å². The summed E-state index contributed by atoms with van der Waals surface area (Å²) in [6.45, 7) is 8.91. The molecule has 3 nitrogen and oxygen atoms in total. The number of carbonyl (C=O) groups is 1. The Morgan fingerprint density at radius 2 is 1.74 bits per heavy atom. The molecule has 0 fully saturated rings. The summed E-state index contributed by atoms with van der Waals surface area (Å²) in [6, 6.07) is 8.11. The van der Waals surface area contributed by atoms with Crippen LogP contribution in [0.1, 0.15) is 46.1 Å². The number of nitrogens with zero attached hydrogens (tertiary/aromatic N) is 1. The standard InChI is InChI=1S/C16H26N2O/c1-12(2)5-10-16(19)18(13(3)4)15-8-6-14(11-17)7-9-15/h6-9,12-13H,5,10-11,17H2,1-4H3. The van der Waals surface area contributed by atoms with Gasteiger partial charge in [0.05, 0.1) is 0 Å². The molecule has 2 N–H and O–H groups in total. The number of benzene rings is 1. The van der Waals surface area contributed by atoms with Crippen LogP contribution in [0.5, 0.6) is 0 Å². The third-order valence-corrected chi connectivity index (χ3v) is 3.17. The Morgan fingerprint density at radius 1 is 1.16 bits per heavy atom. The summed E-state index contributed by atoms with van der Waals surface area (Å²) in [5, 5.41) is 0. The van der Waals surface area contributed by atoms with Crippen molar-refractivity contribution in [3.05, 3.63) is 29.8 Å². The molecule has 1 rings (SSSR count). The van der Waals surface area contributed by atoms with Crippen LogP contribution in [0.3, 0.4) is 0 Å². The first-order valence-electron chi connectivity index (χ1n) is 7.06. The molecule has 0 heterocycles. The van der Waals surface area contributed by atoms with E-state index in [9.17, 15) is 4.79 Å². The molecule has 1 amide bonds. The van der Waals surface area contributed by atoms with Gasteiger partial charge >= 0.3 is 0 Å². The zero-order valence-electron chi connectivity index (χ0n) is 12.5. The molecule has 19 heavy (non-hydrogen) atoms. The molecule has 0 aliphatic carbocycles. The highest BCUT2D eigenvalue weighted by Crippen LogP contribution is 2.20. The van der Waals surface area contributed by atoms with Gasteiger partial charge < -0.3 is 10.6 Å². The van der Waals surface area contributed by atoms with Gasteiger partial charge in [-0.1, -0.05) is 26.0 Å². The van der Waals surface area contributed by atoms with Gasteiger partial charge in [-0.2, -0.15) is 0 Å². The van der Waals surface area contributed by atoms with E-state index in [0.29, 0.717) is 18.9 Å². The lowest BCUT2D eigenvalue weighted by molar-refractivity contribution is -0.119. The van der Waals surface area contributed by atoms with Crippen LogP contribution in [0.4, 0.5) is 5.69 Å². The minimum atomic E-state index is 0.170. The Morgan fingerprint density at radius 3 is 2.16 bits per heavy atom. The van der Waals surface area contributed by atoms with E-state index in [1.165, 1.54) is 0 Å². The van der Waals surface area contributed by atoms with Crippen LogP contribution >= 0.6 is 0 Å². The molecule has 0 radical (unpaired) electrons. The predicted molar refractivity (Wildman–Crippen MR) is 81.0 cm³/mol. The molecule has 106 valence electrons. The van der Waals surface area contributed by atoms with Crippen molar-refractivity contribution in [2.75, 3.05) is 4.90 Å². The third kappa shape index (κ3) is 4.67. The zero-order chi connectivity index (χ0) is 14.4. The quantitative estimate of drug-likeness (QED) is 0.854. The molecule has 1 aromatic carbocycles. The molecule has 0 aliphatic rings. The first-order valence-corrected chi connectivity index (χ1v) is 7.06. The molecule has 0 saturated carbocycles. The molecule has 1 aromatic rings. The van der Waals surface area contributed by atoms with Crippen molar-refractivity contribution in [1.29, 1.82) is 0 Å². The third-order valence-electron chi connectivity index (χ3n) is 3.17. The summed E-state index contributed by atoms with van der Waals surface area (Å²) in [6.07, 6.45) is 1.54. The van der Waals surface area contributed by atoms with Crippen molar-refractivity contribution in [2.24, 2.45) is 11.7 Å². The molecule has 0 saturated heterocycles. The fourth-order valence-corrected chi connectivity index (χ4v) is 2.06. The van der Waals surface area contributed by atoms with Crippen molar-refractivity contribution in [2.45, 2.75) is 53.1 Å². The monoisotopic (exact) mass is 262 g/mol. The summed E-state index contributed by atoms with van der Waals surface area (Å²) in [5.74, 6) is 0.752. The van der Waals surface area contributed by atoms with Crippen LogP contribution in [0.25, 0.3) is 0 Å². The molecular weight excluding hydrogens is 236 g/mol. The summed E-state index contributed by atoms with van der Waals surface area (Å²) < 4.78 is 0. The maximum Gasteiger partial charge on any atom is 0.227 e. The minimum Gasteiger partial charge on any atom is -0.326 e. The number of rotatable bonds is 6. The number of hydrogen-bond acceptors (Lipinski definition) is 2. The van der Waals surface area contributed by atoms with E-state index in [4.69, 9.17) is 5.73 Å². The van der Waals surface area contributed by atoms with Crippen LogP contribution in [0.2, 0.25) is 0 Å². The number of hydrogen-bond donors (Lipinski definition) is 1. The number of nitrogens with two attached hydrogens (primary N) is 1. The maximum absolute atomic E-state index is 12.3. The normalized spacial score (nSPS) is 11.1. The first-order chi connectivity index (χ1) is 8.95. The Bertz CT molecular complexity index is 396. The fraction of sp³-hybridized carbons (Fsp3) is 0.562. The Balaban J connectivity index is 2.83. The van der Waals surface area contributed by atoms with Gasteiger partial charge in [-0.25, -0.2) is 0 Å². The Kier molecular flexibility index (Phi) is 6.03. The van der Waals surface area contributed by atoms with E-state index < -0.39 is 0 Å². The molecule has 0 aromatic heterocycles. The number of anilines is 1. The average molecular weight is 262 g/mol. The molecule has 0 unspecified atom stereocenters. The van der Waals surface area contributed by atoms with Crippen LogP contribution in [-0.2, 0) is 11.3 Å². The molecule has 3 heteroatoms. The number of carbonyl (C=O) groups excluding carboxylic acids is 1. The highest BCUT2D eigenvalue weighted by Gasteiger charge is 2.18. The highest BCUT2D eigenvalue weighted by molar-refractivity contribution is 5.93. The average Bonchev–Trinajstić information content (AvgIpc) is 2.37. The maximum atomic E-state index is 12.3. The first kappa shape index (κ1) is 15.7. The van der Waals surface area contributed by atoms with Gasteiger partial charge in [0.25, 0.3) is 0 Å². The Hall–Kier alpha value is -1.35. The van der Waals surface area contributed by atoms with E-state index in [-0.39, 0.29) is 11.9 Å². The SMILES string of the molecule is CC(C)CCC(=O)N(c1ccc(CN)cc1)C(C)C. The second-order valence-electron chi connectivity index (χ2n) is 5.66. The molecule has 0 spiro atoms. The summed E-state index contributed by atoms with van der Waals surface area (Å²) in [4.78, 5) is 14.2. The topological polar surface area (TPSA) is 46.3 Å². The molecular formula is C16H26N2O. The van der Waals surface area contributed by atoms with Crippen molar-refractivity contribution >= 4 is 11.6 Å². The van der Waals surface area contributed by atoms with E-state index in [0.717, 1.165) is 17.7 Å². The van der Waals surface area contributed by atoms with Crippen molar-refractivity contribution in [1.82, 2.24) is 0 Å². The lowest BCUT2D eigenvalue weighted by Crippen LogP contribution is -2.37. The fourth-order valence-electron chi connectivity index (χ4n) is 2.06. The van der Waals surface area contributed by atoms with Gasteiger partial charge in [-0.15, -0.1) is 0 Å². The highest BCUT2D eigenvalue weighted by atomic mass is 16.2. The van der Waals surface area contributed by atoms with Crippen LogP contribution in [0, 0.1) is 5.92 Å². The summed E-state index contributed by atoms with van der Waals surface area (Å²) in [7, 11) is 0. The van der Waals surface area contributed by atoms with E-state index >= 15 is 0 Å². The zero-order valence-corrected chi connectivity index (χ0v) is 12.5. The largest absolute Gasteiger partial charge is 0.326 e. The van der Waals surface area contributed by atoms with Gasteiger partial charge in [0.2, 0.25) is 5.91 Å². The summed E-state index contributed by atoms with van der Waals surface area (Å²) in [5.41, 5.74) is 7.64. The van der Waals surface area contributed by atoms with E-state index in [1.807, 2.05) is 43.0 Å². The van der Waals surface area contributed by atoms with Gasteiger partial charge in [0, 0.05) is 24.7 Å². The van der Waals surface area contributed by atoms with Gasteiger partial charge in [-0.3, -0.25) is 4.79 Å². The Labute approximate surface area is 116 Å². The van der Waals surface area contributed by atoms with Gasteiger partial charge in [0.1, 0.15) is 0 Å². The molecule has 0 aliphatic heterocycles. The predicted octanol–water partition coefficient (Wildman–Crippen LogP) is 3.32. The molecule has 0 atom stereocenters. The minimum absolute atomic E-state index is 0.170. The van der Waals surface area contributed by atoms with E-state index in [2.05, 4.69) is 13.8 Å². The number of amides is 1. The van der Waals surface area contributed by atoms with Crippen LogP contribution in [0.15, 0.2) is 24.3 Å². The van der Waals surface area contributed by atoms with Gasteiger partial charge in [-0.05, 0) is 43.9 Å². The second kappa shape index (κ2) is 7.29. The van der Waals surface area contributed by atoms with Crippen LogP contribution < -0.4 is 10.6 Å². The molecule has 0 bridgehead atoms. The summed E-state index contributed by atoms with van der Waals surface area (Å²) >= 11 is 0. The van der Waals surface area contributed by atoms with Crippen molar-refractivity contribution in [3.63, 3.8) is 0 Å².